The minimum Gasteiger partial charge on any atom is -0.507 e. The summed E-state index contributed by atoms with van der Waals surface area (Å²) in [5.41, 5.74) is 3.45. The number of fused-ring (bicyclic) bond motifs is 3. The van der Waals surface area contributed by atoms with E-state index in [0.717, 1.165) is 5.56 Å². The number of amides is 1. The molecule has 0 spiro atoms. The first-order valence-corrected chi connectivity index (χ1v) is 12.3. The molecular weight excluding hydrogens is 492 g/mol. The van der Waals surface area contributed by atoms with Gasteiger partial charge >= 0.3 is 0 Å². The summed E-state index contributed by atoms with van der Waals surface area (Å²) in [7, 11) is 2.92. The summed E-state index contributed by atoms with van der Waals surface area (Å²) in [4.78, 5) is 68.1. The third-order valence-corrected chi connectivity index (χ3v) is 8.45. The third kappa shape index (κ3) is 3.40. The molecule has 2 aromatic rings. The van der Waals surface area contributed by atoms with Crippen molar-refractivity contribution in [2.75, 3.05) is 14.1 Å². The highest BCUT2D eigenvalue weighted by atomic mass is 16.3. The molecule has 5 N–H and O–H groups in total. The van der Waals surface area contributed by atoms with Crippen molar-refractivity contribution in [2.45, 2.75) is 30.1 Å². The van der Waals surface area contributed by atoms with Crippen LogP contribution in [0.5, 0.6) is 5.75 Å². The Morgan fingerprint density at radius 3 is 2.26 bits per heavy atom. The Morgan fingerprint density at radius 2 is 1.66 bits per heavy atom. The molecular formula is C28H28N2O8. The lowest BCUT2D eigenvalue weighted by atomic mass is 9.49. The molecule has 3 aliphatic carbocycles. The molecule has 3 aliphatic rings. The lowest BCUT2D eigenvalue weighted by Crippen LogP contribution is -2.77. The molecule has 8 atom stereocenters. The van der Waals surface area contributed by atoms with Gasteiger partial charge in [-0.25, -0.2) is 0 Å². The fraction of sp³-hybridized carbons (Fsp3) is 0.393. The molecule has 2 fully saturated rings. The summed E-state index contributed by atoms with van der Waals surface area (Å²) in [6.07, 6.45) is -1.41. The maximum atomic E-state index is 14.1. The van der Waals surface area contributed by atoms with Crippen LogP contribution < -0.4 is 5.73 Å². The number of likely N-dealkylation sites (N-methyl/N-ethyl adjacent to an activating group) is 1. The normalized spacial score (nSPS) is 34.5. The molecule has 10 nitrogen and oxygen atoms in total. The Balaban J connectivity index is 1.74. The second-order valence-corrected chi connectivity index (χ2v) is 10.6. The van der Waals surface area contributed by atoms with Gasteiger partial charge in [-0.15, -0.1) is 0 Å². The van der Waals surface area contributed by atoms with E-state index in [0.29, 0.717) is 5.56 Å². The lowest BCUT2D eigenvalue weighted by molar-refractivity contribution is -0.197. The maximum absolute atomic E-state index is 14.1. The number of nitrogens with zero attached hydrogens (tertiary/aromatic N) is 1. The Kier molecular flexibility index (Phi) is 6.09. The zero-order chi connectivity index (χ0) is 27.7. The first-order valence-electron chi connectivity index (χ1n) is 12.3. The highest BCUT2D eigenvalue weighted by Gasteiger charge is 2.73. The van der Waals surface area contributed by atoms with Crippen molar-refractivity contribution < 1.29 is 39.3 Å². The number of hydrogen-bond acceptors (Lipinski definition) is 9. The first-order chi connectivity index (χ1) is 17.9. The topological polar surface area (TPSA) is 175 Å². The molecule has 1 amide bonds. The predicted octanol–water partition coefficient (Wildman–Crippen LogP) is -0.378. The van der Waals surface area contributed by atoms with Crippen LogP contribution in [0.3, 0.4) is 0 Å². The highest BCUT2D eigenvalue weighted by Crippen LogP contribution is 2.55. The van der Waals surface area contributed by atoms with E-state index in [9.17, 15) is 39.3 Å². The van der Waals surface area contributed by atoms with Crippen molar-refractivity contribution in [1.82, 2.24) is 4.90 Å². The molecule has 0 bridgehead atoms. The number of hydrogen-bond donors (Lipinski definition) is 4. The van der Waals surface area contributed by atoms with Crippen LogP contribution in [0.4, 0.5) is 0 Å². The van der Waals surface area contributed by atoms with E-state index >= 15 is 0 Å². The number of carbonyl (C=O) groups is 5. The fourth-order valence-electron chi connectivity index (χ4n) is 6.88. The van der Waals surface area contributed by atoms with Crippen LogP contribution in [0.1, 0.15) is 27.4 Å². The van der Waals surface area contributed by atoms with Gasteiger partial charge in [-0.2, -0.15) is 0 Å². The zero-order valence-corrected chi connectivity index (χ0v) is 20.8. The molecule has 0 aliphatic heterocycles. The molecule has 198 valence electrons. The molecule has 0 aromatic heterocycles. The molecule has 2 saturated carbocycles. The van der Waals surface area contributed by atoms with Gasteiger partial charge in [0.1, 0.15) is 5.75 Å². The molecule has 0 saturated heterocycles. The highest BCUT2D eigenvalue weighted by molar-refractivity contribution is 6.32. The Hall–Kier alpha value is -3.73. The number of aliphatic hydroxyl groups is 2. The van der Waals surface area contributed by atoms with E-state index in [2.05, 4.69) is 0 Å². The number of phenols is 1. The number of Topliss-reactive ketones (excluding diaryl/α,β-unsaturated/α-hetero) is 4. The first kappa shape index (κ1) is 25.9. The number of aromatic hydroxyl groups is 1. The predicted molar refractivity (Wildman–Crippen MR) is 132 cm³/mol. The molecule has 0 heterocycles. The summed E-state index contributed by atoms with van der Waals surface area (Å²) in [6.45, 7) is 0. The van der Waals surface area contributed by atoms with Crippen molar-refractivity contribution >= 4 is 29.0 Å². The second-order valence-electron chi connectivity index (χ2n) is 10.6. The SMILES string of the molecule is CN(C)[C@H]1C(=O)C(C(N)=O)C(=O)[C@]2(O)C(=O)C3C(=O)c4c(O)cccc4[C@@H](Cc4ccccc4)[C@@H]3[C@@H](O)[C@H]12. The number of aliphatic hydroxyl groups excluding tert-OH is 1. The summed E-state index contributed by atoms with van der Waals surface area (Å²) in [5, 5.41) is 34.2. The van der Waals surface area contributed by atoms with Crippen LogP contribution in [0.15, 0.2) is 48.5 Å². The number of rotatable bonds is 4. The molecule has 2 unspecified atom stereocenters. The summed E-state index contributed by atoms with van der Waals surface area (Å²) in [5.74, 6) is -13.4. The van der Waals surface area contributed by atoms with Crippen LogP contribution in [-0.4, -0.2) is 81.1 Å². The van der Waals surface area contributed by atoms with E-state index in [-0.39, 0.29) is 17.7 Å². The Bertz CT molecular complexity index is 1370. The van der Waals surface area contributed by atoms with E-state index in [1.165, 1.54) is 25.1 Å². The number of primary amides is 1. The largest absolute Gasteiger partial charge is 0.507 e. The summed E-state index contributed by atoms with van der Waals surface area (Å²) >= 11 is 0. The third-order valence-electron chi connectivity index (χ3n) is 8.45. The van der Waals surface area contributed by atoms with Crippen molar-refractivity contribution in [1.29, 1.82) is 0 Å². The second kappa shape index (κ2) is 8.93. The standard InChI is InChI=1S/C28H28N2O8/c1-30(2)21-20-23(33)17-14(11-12-7-4-3-5-8-12)13-9-6-10-15(31)16(13)22(32)18(17)25(35)28(20,38)26(36)19(24(21)34)27(29)37/h3-10,14,17-21,23,31,33,38H,11H2,1-2H3,(H2,29,37)/t14-,17+,18?,19?,20+,21-,23-,28-/m1/s1. The van der Waals surface area contributed by atoms with Gasteiger partial charge in [0.15, 0.2) is 34.7 Å². The van der Waals surface area contributed by atoms with Crippen LogP contribution >= 0.6 is 0 Å². The summed E-state index contributed by atoms with van der Waals surface area (Å²) in [6, 6.07) is 12.2. The van der Waals surface area contributed by atoms with Gasteiger partial charge in [-0.05, 0) is 43.6 Å². The van der Waals surface area contributed by atoms with E-state index < -0.39 is 76.4 Å². The minimum absolute atomic E-state index is 0.118. The van der Waals surface area contributed by atoms with Gasteiger partial charge in [0.2, 0.25) is 5.91 Å². The maximum Gasteiger partial charge on any atom is 0.235 e. The number of carbonyl (C=O) groups excluding carboxylic acids is 5. The van der Waals surface area contributed by atoms with Gasteiger partial charge < -0.3 is 21.1 Å². The van der Waals surface area contributed by atoms with Crippen LogP contribution in [0.2, 0.25) is 0 Å². The zero-order valence-electron chi connectivity index (χ0n) is 20.8. The number of nitrogens with two attached hydrogens (primary N) is 1. The van der Waals surface area contributed by atoms with Gasteiger partial charge in [0.05, 0.1) is 29.5 Å². The lowest BCUT2D eigenvalue weighted by Gasteiger charge is -2.56. The molecule has 38 heavy (non-hydrogen) atoms. The monoisotopic (exact) mass is 520 g/mol. The summed E-state index contributed by atoms with van der Waals surface area (Å²) < 4.78 is 0. The Labute approximate surface area is 218 Å². The Morgan fingerprint density at radius 1 is 1.00 bits per heavy atom. The van der Waals surface area contributed by atoms with Crippen molar-refractivity contribution in [3.63, 3.8) is 0 Å². The van der Waals surface area contributed by atoms with Crippen LogP contribution in [-0.2, 0) is 25.6 Å². The molecule has 10 heteroatoms. The average molecular weight is 521 g/mol. The smallest absolute Gasteiger partial charge is 0.235 e. The molecule has 5 rings (SSSR count). The van der Waals surface area contributed by atoms with Crippen molar-refractivity contribution in [2.24, 2.45) is 29.4 Å². The average Bonchev–Trinajstić information content (AvgIpc) is 2.86. The van der Waals surface area contributed by atoms with E-state index in [1.807, 2.05) is 30.3 Å². The number of ketones is 4. The van der Waals surface area contributed by atoms with Gasteiger partial charge in [0.25, 0.3) is 0 Å². The quantitative estimate of drug-likeness (QED) is 0.392. The van der Waals surface area contributed by atoms with Crippen molar-refractivity contribution in [3.05, 3.63) is 65.2 Å². The number of benzene rings is 2. The van der Waals surface area contributed by atoms with Crippen LogP contribution in [0, 0.1) is 23.7 Å². The minimum atomic E-state index is -3.02. The van der Waals surface area contributed by atoms with Gasteiger partial charge in [0, 0.05) is 5.92 Å². The van der Waals surface area contributed by atoms with Gasteiger partial charge in [-0.1, -0.05) is 42.5 Å². The fourth-order valence-corrected chi connectivity index (χ4v) is 6.88. The number of phenolic OH excluding ortho intramolecular Hbond substituents is 1. The molecule has 2 aromatic carbocycles. The van der Waals surface area contributed by atoms with Gasteiger partial charge in [-0.3, -0.25) is 28.9 Å². The van der Waals surface area contributed by atoms with Crippen molar-refractivity contribution in [3.8, 4) is 5.75 Å². The van der Waals surface area contributed by atoms with E-state index in [1.54, 1.807) is 12.1 Å². The van der Waals surface area contributed by atoms with E-state index in [4.69, 9.17) is 5.73 Å². The van der Waals surface area contributed by atoms with Crippen LogP contribution in [0.25, 0.3) is 0 Å². The molecule has 0 radical (unpaired) electrons.